The molecule has 1 nitrogen and oxygen atoms in total. The topological polar surface area (TPSA) is 9.23 Å². The summed E-state index contributed by atoms with van der Waals surface area (Å²) in [5, 5.41) is 0. The minimum atomic E-state index is -1.29. The highest BCUT2D eigenvalue weighted by Gasteiger charge is 2.16. The fourth-order valence-electron chi connectivity index (χ4n) is 0.487. The first-order valence-corrected chi connectivity index (χ1v) is 9.52. The lowest BCUT2D eigenvalue weighted by Crippen LogP contribution is -2.30. The lowest BCUT2D eigenvalue weighted by Gasteiger charge is -2.18. The molecule has 0 aliphatic rings. The monoisotopic (exact) mass is 168 g/mol. The maximum Gasteiger partial charge on any atom is 0.260 e. The summed E-state index contributed by atoms with van der Waals surface area (Å²) < 4.78 is 5.48. The predicted octanol–water partition coefficient (Wildman–Crippen LogP) is 1.93. The van der Waals surface area contributed by atoms with Gasteiger partial charge in [-0.15, -0.1) is 11.1 Å². The van der Waals surface area contributed by atoms with Gasteiger partial charge >= 0.3 is 0 Å². The van der Waals surface area contributed by atoms with Gasteiger partial charge in [-0.25, -0.2) is 0 Å². The molecule has 0 saturated carbocycles. The predicted molar refractivity (Wildman–Crippen MR) is 43.3 cm³/mol. The summed E-state index contributed by atoms with van der Waals surface area (Å²) in [4.78, 5) is 0. The van der Waals surface area contributed by atoms with Crippen LogP contribution in [0.1, 0.15) is 0 Å². The zero-order valence-corrected chi connectivity index (χ0v) is 8.77. The Kier molecular flexibility index (Phi) is 3.26. The summed E-state index contributed by atoms with van der Waals surface area (Å²) in [6.07, 6.45) is 0. The molecule has 0 spiro atoms. The summed E-state index contributed by atoms with van der Waals surface area (Å²) in [5.41, 5.74) is 0. The van der Waals surface area contributed by atoms with Crippen LogP contribution in [0.15, 0.2) is 0 Å². The highest BCUT2D eigenvalue weighted by atomic mass is 35.6. The Balaban J connectivity index is 3.39. The van der Waals surface area contributed by atoms with E-state index in [1.807, 2.05) is 6.55 Å². The number of rotatable bonds is 2. The second-order valence-corrected chi connectivity index (χ2v) is 10.9. The van der Waals surface area contributed by atoms with E-state index in [-0.39, 0.29) is 0 Å². The fourth-order valence-corrected chi connectivity index (χ4v) is 6.79. The summed E-state index contributed by atoms with van der Waals surface area (Å²) in [6, 6.07) is 0. The third-order valence-electron chi connectivity index (χ3n) is 0.516. The van der Waals surface area contributed by atoms with Crippen LogP contribution in [0.4, 0.5) is 0 Å². The molecule has 50 valence electrons. The molecule has 0 aliphatic heterocycles. The minimum absolute atomic E-state index is 1.26. The molecule has 0 amide bonds. The van der Waals surface area contributed by atoms with Crippen LogP contribution in [0.25, 0.3) is 0 Å². The van der Waals surface area contributed by atoms with Crippen LogP contribution < -0.4 is 0 Å². The maximum absolute atomic E-state index is 5.71. The molecule has 0 N–H and O–H groups in total. The number of hydrogen-bond donors (Lipinski definition) is 0. The molecular formula is C4H13ClOSi2. The van der Waals surface area contributed by atoms with E-state index in [9.17, 15) is 0 Å². The van der Waals surface area contributed by atoms with Gasteiger partial charge in [0.2, 0.25) is 0 Å². The Morgan fingerprint density at radius 3 is 1.75 bits per heavy atom. The van der Waals surface area contributed by atoms with Gasteiger partial charge in [0.15, 0.2) is 8.32 Å². The average molecular weight is 169 g/mol. The van der Waals surface area contributed by atoms with Crippen LogP contribution in [0.5, 0.6) is 0 Å². The van der Waals surface area contributed by atoms with Crippen molar-refractivity contribution < 1.29 is 4.12 Å². The first-order valence-electron chi connectivity index (χ1n) is 2.74. The second-order valence-electron chi connectivity index (χ2n) is 2.77. The lowest BCUT2D eigenvalue weighted by molar-refractivity contribution is 0.595. The lowest BCUT2D eigenvalue weighted by atomic mass is 11.8. The number of hydrogen-bond acceptors (Lipinski definition) is 1. The van der Waals surface area contributed by atoms with Gasteiger partial charge in [0.1, 0.15) is 0 Å². The van der Waals surface area contributed by atoms with Crippen molar-refractivity contribution in [2.75, 3.05) is 0 Å². The summed E-state index contributed by atoms with van der Waals surface area (Å²) >= 11 is 5.71. The molecule has 0 aromatic carbocycles. The molecule has 0 saturated heterocycles. The van der Waals surface area contributed by atoms with Gasteiger partial charge < -0.3 is 4.12 Å². The van der Waals surface area contributed by atoms with E-state index in [1.165, 1.54) is 0 Å². The van der Waals surface area contributed by atoms with Crippen LogP contribution in [0, 0.1) is 0 Å². The van der Waals surface area contributed by atoms with Crippen molar-refractivity contribution >= 4 is 27.7 Å². The van der Waals surface area contributed by atoms with Crippen molar-refractivity contribution in [3.05, 3.63) is 0 Å². The quantitative estimate of drug-likeness (QED) is 0.453. The van der Waals surface area contributed by atoms with Crippen LogP contribution in [0.3, 0.4) is 0 Å². The molecule has 4 heteroatoms. The zero-order chi connectivity index (χ0) is 6.78. The Hall–Kier alpha value is 0.684. The molecule has 0 aliphatic carbocycles. The van der Waals surface area contributed by atoms with Gasteiger partial charge in [-0.05, 0) is 26.2 Å². The van der Waals surface area contributed by atoms with Crippen LogP contribution in [0.2, 0.25) is 26.2 Å². The molecular weight excluding hydrogens is 156 g/mol. The van der Waals surface area contributed by atoms with Crippen molar-refractivity contribution in [3.63, 3.8) is 0 Å². The molecule has 8 heavy (non-hydrogen) atoms. The van der Waals surface area contributed by atoms with Gasteiger partial charge in [-0.1, -0.05) is 0 Å². The molecule has 1 atom stereocenters. The van der Waals surface area contributed by atoms with Gasteiger partial charge in [0.25, 0.3) is 8.35 Å². The molecule has 0 fully saturated rings. The molecule has 0 bridgehead atoms. The third-order valence-corrected chi connectivity index (χ3v) is 5.45. The van der Waals surface area contributed by atoms with E-state index >= 15 is 0 Å². The van der Waals surface area contributed by atoms with Gasteiger partial charge in [-0.2, -0.15) is 0 Å². The van der Waals surface area contributed by atoms with Crippen molar-refractivity contribution in [2.24, 2.45) is 0 Å². The Morgan fingerprint density at radius 1 is 1.38 bits per heavy atom. The van der Waals surface area contributed by atoms with Crippen LogP contribution in [-0.2, 0) is 4.12 Å². The van der Waals surface area contributed by atoms with Gasteiger partial charge in [0.05, 0.1) is 0 Å². The highest BCUT2D eigenvalue weighted by molar-refractivity contribution is 7.05. The SMILES string of the molecule is C[SiH](Cl)O[Si](C)(C)C. The van der Waals surface area contributed by atoms with Crippen molar-refractivity contribution in [2.45, 2.75) is 26.2 Å². The zero-order valence-electron chi connectivity index (χ0n) is 5.86. The Bertz CT molecular complexity index is 68.9. The largest absolute Gasteiger partial charge is 0.447 e. The number of halogens is 1. The van der Waals surface area contributed by atoms with Crippen molar-refractivity contribution in [1.29, 1.82) is 0 Å². The van der Waals surface area contributed by atoms with E-state index in [0.29, 0.717) is 0 Å². The van der Waals surface area contributed by atoms with E-state index in [1.54, 1.807) is 0 Å². The highest BCUT2D eigenvalue weighted by Crippen LogP contribution is 2.06. The molecule has 0 aromatic rings. The summed E-state index contributed by atoms with van der Waals surface area (Å²) in [6.45, 7) is 8.44. The standard InChI is InChI=1S/C4H13ClOSi2/c1-7(5)6-8(2,3)4/h7H,1-4H3. The maximum atomic E-state index is 5.71. The van der Waals surface area contributed by atoms with Gasteiger partial charge in [0, 0.05) is 0 Å². The second kappa shape index (κ2) is 3.01. The molecule has 1 unspecified atom stereocenters. The minimum Gasteiger partial charge on any atom is -0.447 e. The normalized spacial score (nSPS) is 16.1. The molecule has 0 aromatic heterocycles. The van der Waals surface area contributed by atoms with E-state index in [2.05, 4.69) is 19.6 Å². The van der Waals surface area contributed by atoms with Crippen LogP contribution >= 0.6 is 11.1 Å². The average Bonchev–Trinajstić information content (AvgIpc) is 1.21. The summed E-state index contributed by atoms with van der Waals surface area (Å²) in [5.74, 6) is 0. The fraction of sp³-hybridized carbons (Fsp3) is 1.00. The smallest absolute Gasteiger partial charge is 0.260 e. The van der Waals surface area contributed by atoms with Crippen molar-refractivity contribution in [3.8, 4) is 0 Å². The Morgan fingerprint density at radius 2 is 1.75 bits per heavy atom. The Labute approximate surface area is 58.6 Å². The van der Waals surface area contributed by atoms with E-state index in [0.717, 1.165) is 0 Å². The van der Waals surface area contributed by atoms with Crippen molar-refractivity contribution in [1.82, 2.24) is 0 Å². The molecule has 0 heterocycles. The molecule has 0 radical (unpaired) electrons. The molecule has 0 rings (SSSR count). The summed E-state index contributed by atoms with van der Waals surface area (Å²) in [7, 11) is -2.55. The first kappa shape index (κ1) is 8.68. The van der Waals surface area contributed by atoms with Crippen LogP contribution in [-0.4, -0.2) is 16.7 Å². The van der Waals surface area contributed by atoms with E-state index < -0.39 is 16.7 Å². The van der Waals surface area contributed by atoms with E-state index in [4.69, 9.17) is 15.2 Å². The third kappa shape index (κ3) is 6.68. The first-order chi connectivity index (χ1) is 3.42. The van der Waals surface area contributed by atoms with Gasteiger partial charge in [-0.3, -0.25) is 0 Å².